The number of para-hydroxylation sites is 1. The first kappa shape index (κ1) is 26.1. The number of fused-ring (bicyclic) bond motifs is 10. The van der Waals surface area contributed by atoms with Gasteiger partial charge in [-0.05, 0) is 29.8 Å². The molecule has 0 atom stereocenters. The molecule has 0 bridgehead atoms. The lowest BCUT2D eigenvalue weighted by molar-refractivity contribution is 1.18. The highest BCUT2D eigenvalue weighted by Crippen LogP contribution is 2.43. The molecule has 0 spiro atoms. The van der Waals surface area contributed by atoms with Crippen LogP contribution in [0.5, 0.6) is 0 Å². The van der Waals surface area contributed by atoms with E-state index in [1.807, 2.05) is 48.3 Å². The number of benzene rings is 5. The summed E-state index contributed by atoms with van der Waals surface area (Å²) in [5.41, 5.74) is 7.73. The van der Waals surface area contributed by atoms with Crippen molar-refractivity contribution in [1.29, 1.82) is 0 Å². The van der Waals surface area contributed by atoms with Gasteiger partial charge in [-0.25, -0.2) is 15.0 Å². The van der Waals surface area contributed by atoms with Gasteiger partial charge < -0.3 is 0 Å². The van der Waals surface area contributed by atoms with Crippen LogP contribution >= 0.6 is 11.3 Å². The van der Waals surface area contributed by atoms with E-state index in [9.17, 15) is 0 Å². The summed E-state index contributed by atoms with van der Waals surface area (Å²) in [4.78, 5) is 24.0. The van der Waals surface area contributed by atoms with E-state index in [1.54, 1.807) is 0 Å². The van der Waals surface area contributed by atoms with Crippen LogP contribution in [0.25, 0.3) is 97.4 Å². The molecule has 10 aromatic rings. The van der Waals surface area contributed by atoms with Gasteiger partial charge in [0.05, 0.1) is 22.2 Å². The highest BCUT2D eigenvalue weighted by molar-refractivity contribution is 7.26. The maximum Gasteiger partial charge on any atom is 0.159 e. The molecule has 5 aromatic carbocycles. The molecule has 5 nitrogen and oxygen atoms in total. The van der Waals surface area contributed by atoms with Crippen molar-refractivity contribution < 1.29 is 0 Å². The summed E-state index contributed by atoms with van der Waals surface area (Å²) in [6.45, 7) is 0. The fourth-order valence-corrected chi connectivity index (χ4v) is 8.10. The van der Waals surface area contributed by atoms with E-state index in [0.29, 0.717) is 5.82 Å². The van der Waals surface area contributed by atoms with E-state index in [-0.39, 0.29) is 0 Å². The largest absolute Gasteiger partial charge is 0.254 e. The van der Waals surface area contributed by atoms with E-state index >= 15 is 0 Å². The van der Waals surface area contributed by atoms with E-state index in [0.717, 1.165) is 60.7 Å². The van der Waals surface area contributed by atoms with Crippen LogP contribution in [-0.4, -0.2) is 24.9 Å². The lowest BCUT2D eigenvalue weighted by Crippen LogP contribution is -1.93. The molecule has 0 aliphatic carbocycles. The second kappa shape index (κ2) is 10.2. The van der Waals surface area contributed by atoms with Crippen LogP contribution in [0, 0.1) is 0 Å². The normalized spacial score (nSPS) is 11.8. The molecule has 0 radical (unpaired) electrons. The third-order valence-electron chi connectivity index (χ3n) is 9.07. The second-order valence-corrected chi connectivity index (χ2v) is 12.8. The van der Waals surface area contributed by atoms with E-state index in [4.69, 9.17) is 15.0 Å². The Morgan fingerprint density at radius 3 is 2.11 bits per heavy atom. The third-order valence-corrected chi connectivity index (χ3v) is 10.3. The molecule has 218 valence electrons. The van der Waals surface area contributed by atoms with Gasteiger partial charge in [-0.1, -0.05) is 91.0 Å². The number of thiophene rings is 1. The fraction of sp³-hybridized carbons (Fsp3) is 0. The summed E-state index contributed by atoms with van der Waals surface area (Å²) in [6.07, 6.45) is 7.42. The standard InChI is InChI=1S/C41H23N5S/c1-3-9-34-32(8-1)36-33(18-17-31-29-7-2-4-10-35(29)47-40(31)36)37(46-34)25-11-13-26(14-12-25)41-44-22-27(23-45-41)28-19-21-43-39-30(28)16-15-24-6-5-20-42-38(24)39/h1-23H. The highest BCUT2D eigenvalue weighted by Gasteiger charge is 2.16. The zero-order valence-electron chi connectivity index (χ0n) is 24.9. The molecule has 10 rings (SSSR count). The fourth-order valence-electron chi connectivity index (χ4n) is 6.84. The minimum atomic E-state index is 0.675. The molecule has 0 amide bonds. The Labute approximate surface area is 272 Å². The van der Waals surface area contributed by atoms with Crippen LogP contribution in [0.2, 0.25) is 0 Å². The number of rotatable bonds is 3. The van der Waals surface area contributed by atoms with Crippen LogP contribution < -0.4 is 0 Å². The van der Waals surface area contributed by atoms with Crippen LogP contribution in [0.15, 0.2) is 140 Å². The van der Waals surface area contributed by atoms with Gasteiger partial charge in [0, 0.05) is 88.6 Å². The maximum atomic E-state index is 5.19. The van der Waals surface area contributed by atoms with Gasteiger partial charge in [0.1, 0.15) is 0 Å². The van der Waals surface area contributed by atoms with Gasteiger partial charge >= 0.3 is 0 Å². The molecule has 0 aliphatic rings. The minimum absolute atomic E-state index is 0.675. The monoisotopic (exact) mass is 617 g/mol. The summed E-state index contributed by atoms with van der Waals surface area (Å²) in [5, 5.41) is 8.29. The average molecular weight is 618 g/mol. The quantitative estimate of drug-likeness (QED) is 0.185. The van der Waals surface area contributed by atoms with Crippen molar-refractivity contribution in [3.8, 4) is 33.8 Å². The molecule has 0 N–H and O–H groups in total. The van der Waals surface area contributed by atoms with E-state index in [2.05, 4.69) is 113 Å². The van der Waals surface area contributed by atoms with Gasteiger partial charge in [0.25, 0.3) is 0 Å². The first-order valence-electron chi connectivity index (χ1n) is 15.5. The first-order chi connectivity index (χ1) is 23.3. The van der Waals surface area contributed by atoms with E-state index < -0.39 is 0 Å². The van der Waals surface area contributed by atoms with Gasteiger partial charge in [-0.2, -0.15) is 0 Å². The van der Waals surface area contributed by atoms with Crippen LogP contribution in [0.1, 0.15) is 0 Å². The Hall–Kier alpha value is -6.11. The highest BCUT2D eigenvalue weighted by atomic mass is 32.1. The number of nitrogens with zero attached hydrogens (tertiary/aromatic N) is 5. The first-order valence-corrected chi connectivity index (χ1v) is 16.3. The molecule has 0 unspecified atom stereocenters. The number of hydrogen-bond donors (Lipinski definition) is 0. The van der Waals surface area contributed by atoms with Gasteiger partial charge in [-0.3, -0.25) is 9.97 Å². The van der Waals surface area contributed by atoms with Gasteiger partial charge in [-0.15, -0.1) is 11.3 Å². The Morgan fingerprint density at radius 2 is 1.21 bits per heavy atom. The molecule has 5 aromatic heterocycles. The lowest BCUT2D eigenvalue weighted by atomic mass is 9.97. The zero-order valence-corrected chi connectivity index (χ0v) is 25.7. The molecule has 5 heterocycles. The van der Waals surface area contributed by atoms with Crippen molar-refractivity contribution in [3.63, 3.8) is 0 Å². The molecule has 0 fully saturated rings. The average Bonchev–Trinajstić information content (AvgIpc) is 3.53. The Bertz CT molecular complexity index is 2840. The topological polar surface area (TPSA) is 64.5 Å². The summed E-state index contributed by atoms with van der Waals surface area (Å²) < 4.78 is 2.61. The molecule has 0 saturated heterocycles. The summed E-state index contributed by atoms with van der Waals surface area (Å²) in [6, 6.07) is 40.3. The van der Waals surface area contributed by atoms with Crippen molar-refractivity contribution in [2.45, 2.75) is 0 Å². The smallest absolute Gasteiger partial charge is 0.159 e. The van der Waals surface area contributed by atoms with Crippen molar-refractivity contribution in [2.24, 2.45) is 0 Å². The minimum Gasteiger partial charge on any atom is -0.254 e. The third kappa shape index (κ3) is 4.05. The Balaban J connectivity index is 1.05. The molecular weight excluding hydrogens is 595 g/mol. The lowest BCUT2D eigenvalue weighted by Gasteiger charge is -2.12. The summed E-state index contributed by atoms with van der Waals surface area (Å²) >= 11 is 1.86. The second-order valence-electron chi connectivity index (χ2n) is 11.7. The van der Waals surface area contributed by atoms with Crippen molar-refractivity contribution >= 4 is 75.0 Å². The SMILES string of the molecule is c1cnc2c(c1)ccc1c(-c3cnc(-c4ccc(-c5nc6ccccc6c6c5ccc5c7ccccc7sc56)cc4)nc3)ccnc12. The predicted molar refractivity (Wildman–Crippen MR) is 195 cm³/mol. The summed E-state index contributed by atoms with van der Waals surface area (Å²) in [5.74, 6) is 0.675. The molecule has 0 aliphatic heterocycles. The van der Waals surface area contributed by atoms with Crippen molar-refractivity contribution in [1.82, 2.24) is 24.9 Å². The molecule has 0 saturated carbocycles. The van der Waals surface area contributed by atoms with Crippen LogP contribution in [-0.2, 0) is 0 Å². The summed E-state index contributed by atoms with van der Waals surface area (Å²) in [7, 11) is 0. The maximum absolute atomic E-state index is 5.19. The predicted octanol–water partition coefficient (Wildman–Crippen LogP) is 10.6. The molecule has 6 heteroatoms. The van der Waals surface area contributed by atoms with Crippen molar-refractivity contribution in [2.75, 3.05) is 0 Å². The van der Waals surface area contributed by atoms with Gasteiger partial charge in [0.15, 0.2) is 5.82 Å². The van der Waals surface area contributed by atoms with Crippen LogP contribution in [0.3, 0.4) is 0 Å². The van der Waals surface area contributed by atoms with E-state index in [1.165, 1.54) is 30.9 Å². The molecule has 47 heavy (non-hydrogen) atoms. The van der Waals surface area contributed by atoms with Crippen LogP contribution in [0.4, 0.5) is 0 Å². The number of aromatic nitrogens is 5. The Morgan fingerprint density at radius 1 is 0.468 bits per heavy atom. The zero-order chi connectivity index (χ0) is 30.9. The molecular formula is C41H23N5S. The van der Waals surface area contributed by atoms with Gasteiger partial charge in [0.2, 0.25) is 0 Å². The van der Waals surface area contributed by atoms with Crippen molar-refractivity contribution in [3.05, 3.63) is 140 Å². The number of hydrogen-bond acceptors (Lipinski definition) is 6. The number of pyridine rings is 3. The Kier molecular flexibility index (Phi) is 5.68.